The highest BCUT2D eigenvalue weighted by atomic mass is 16.6. The summed E-state index contributed by atoms with van der Waals surface area (Å²) in [5.41, 5.74) is 5.63. The first-order valence-corrected chi connectivity index (χ1v) is 16.5. The number of benzene rings is 4. The molecule has 50 heavy (non-hydrogen) atoms. The van der Waals surface area contributed by atoms with E-state index >= 15 is 0 Å². The van der Waals surface area contributed by atoms with Crippen molar-refractivity contribution in [1.82, 2.24) is 10.6 Å². The number of methoxy groups -OCH3 is 1. The summed E-state index contributed by atoms with van der Waals surface area (Å²) >= 11 is 0. The van der Waals surface area contributed by atoms with E-state index in [9.17, 15) is 19.2 Å². The molecule has 0 radical (unpaired) electrons. The van der Waals surface area contributed by atoms with Crippen LogP contribution in [0.4, 0.5) is 9.59 Å². The normalized spacial score (nSPS) is 13.2. The minimum atomic E-state index is -1.13. The van der Waals surface area contributed by atoms with Gasteiger partial charge in [-0.25, -0.2) is 19.2 Å². The van der Waals surface area contributed by atoms with Crippen LogP contribution in [0.1, 0.15) is 54.5 Å². The number of rotatable bonds is 12. The molecule has 260 valence electrons. The standard InChI is InChI=1S/C40H42N2O8/c1-40(2,3)50-39(46)42-34(36(43)47-4)22-27-16-8-9-17-28(27)23-35(37(44)48-24-26-14-6-5-7-15-26)41-38(45)49-25-33-31-20-12-10-18-29(31)30-19-11-13-21-32(30)33/h5-21,33-35H,22-25H2,1-4H3,(H,41,45)(H,42,46)/t34-,35-/m0/s1. The number of carbonyl (C=O) groups excluding carboxylic acids is 4. The minimum absolute atomic E-state index is 0.00835. The van der Waals surface area contributed by atoms with Crippen LogP contribution in [0, 0.1) is 0 Å². The number of ether oxygens (including phenoxy) is 4. The molecule has 1 aliphatic carbocycles. The molecule has 0 aliphatic heterocycles. The van der Waals surface area contributed by atoms with Gasteiger partial charge in [0.15, 0.2) is 0 Å². The Bertz CT molecular complexity index is 1770. The van der Waals surface area contributed by atoms with Crippen LogP contribution in [0.3, 0.4) is 0 Å². The lowest BCUT2D eigenvalue weighted by Gasteiger charge is -2.24. The molecule has 0 aromatic heterocycles. The molecular weight excluding hydrogens is 636 g/mol. The zero-order valence-electron chi connectivity index (χ0n) is 28.6. The number of nitrogens with one attached hydrogen (secondary N) is 2. The molecular formula is C40H42N2O8. The van der Waals surface area contributed by atoms with E-state index in [4.69, 9.17) is 18.9 Å². The summed E-state index contributed by atoms with van der Waals surface area (Å²) in [4.78, 5) is 52.2. The van der Waals surface area contributed by atoms with Crippen molar-refractivity contribution >= 4 is 24.1 Å². The van der Waals surface area contributed by atoms with Gasteiger partial charge >= 0.3 is 24.1 Å². The molecule has 4 aromatic rings. The average molecular weight is 679 g/mol. The summed E-state index contributed by atoms with van der Waals surface area (Å²) in [6.45, 7) is 5.23. The summed E-state index contributed by atoms with van der Waals surface area (Å²) in [6.07, 6.45) is -1.48. The first kappa shape index (κ1) is 35.7. The lowest BCUT2D eigenvalue weighted by Crippen LogP contribution is -2.46. The SMILES string of the molecule is COC(=O)[C@H](Cc1ccccc1C[C@H](NC(=O)OCC1c2ccccc2-c2ccccc21)C(=O)OCc1ccccc1)NC(=O)OC(C)(C)C. The van der Waals surface area contributed by atoms with Crippen LogP contribution in [-0.4, -0.2) is 55.5 Å². The zero-order valence-corrected chi connectivity index (χ0v) is 28.6. The number of esters is 2. The molecule has 2 atom stereocenters. The van der Waals surface area contributed by atoms with Crippen LogP contribution in [0.15, 0.2) is 103 Å². The number of alkyl carbamates (subject to hydrolysis) is 2. The fourth-order valence-corrected chi connectivity index (χ4v) is 5.99. The molecule has 10 heteroatoms. The second kappa shape index (κ2) is 16.2. The quantitative estimate of drug-likeness (QED) is 0.129. The third-order valence-corrected chi connectivity index (χ3v) is 8.29. The number of carbonyl (C=O) groups is 4. The van der Waals surface area contributed by atoms with Crippen LogP contribution in [0.2, 0.25) is 0 Å². The third-order valence-electron chi connectivity index (χ3n) is 8.29. The first-order valence-electron chi connectivity index (χ1n) is 16.5. The van der Waals surface area contributed by atoms with Crippen molar-refractivity contribution in [2.24, 2.45) is 0 Å². The van der Waals surface area contributed by atoms with E-state index in [2.05, 4.69) is 22.8 Å². The Morgan fingerprint density at radius 2 is 1.14 bits per heavy atom. The number of fused-ring (bicyclic) bond motifs is 3. The van der Waals surface area contributed by atoms with E-state index < -0.39 is 41.8 Å². The second-order valence-corrected chi connectivity index (χ2v) is 13.0. The summed E-state index contributed by atoms with van der Waals surface area (Å²) in [5.74, 6) is -1.49. The van der Waals surface area contributed by atoms with Gasteiger partial charge in [0, 0.05) is 18.8 Å². The zero-order chi connectivity index (χ0) is 35.7. The van der Waals surface area contributed by atoms with Gasteiger partial charge in [0.25, 0.3) is 0 Å². The first-order chi connectivity index (χ1) is 24.0. The van der Waals surface area contributed by atoms with Crippen molar-refractivity contribution in [3.05, 3.63) is 131 Å². The Morgan fingerprint density at radius 1 is 0.640 bits per heavy atom. The van der Waals surface area contributed by atoms with E-state index in [1.54, 1.807) is 45.0 Å². The maximum Gasteiger partial charge on any atom is 0.408 e. The van der Waals surface area contributed by atoms with Crippen LogP contribution >= 0.6 is 0 Å². The molecule has 5 rings (SSSR count). The second-order valence-electron chi connectivity index (χ2n) is 13.0. The van der Waals surface area contributed by atoms with Gasteiger partial charge in [-0.05, 0) is 59.7 Å². The Kier molecular flexibility index (Phi) is 11.5. The van der Waals surface area contributed by atoms with Gasteiger partial charge in [-0.1, -0.05) is 103 Å². The fraction of sp³-hybridized carbons (Fsp3) is 0.300. The number of amides is 2. The Balaban J connectivity index is 1.33. The monoisotopic (exact) mass is 678 g/mol. The van der Waals surface area contributed by atoms with Crippen molar-refractivity contribution in [2.75, 3.05) is 13.7 Å². The molecule has 0 unspecified atom stereocenters. The molecule has 4 aromatic carbocycles. The van der Waals surface area contributed by atoms with E-state index in [-0.39, 0.29) is 32.0 Å². The highest BCUT2D eigenvalue weighted by Gasteiger charge is 2.31. The number of hydrogen-bond donors (Lipinski definition) is 2. The molecule has 0 fully saturated rings. The predicted molar refractivity (Wildman–Crippen MR) is 187 cm³/mol. The van der Waals surface area contributed by atoms with Crippen molar-refractivity contribution < 1.29 is 38.1 Å². The third kappa shape index (κ3) is 9.28. The van der Waals surface area contributed by atoms with Gasteiger partial charge in [0.2, 0.25) is 0 Å². The largest absolute Gasteiger partial charge is 0.467 e. The van der Waals surface area contributed by atoms with Gasteiger partial charge in [0.05, 0.1) is 7.11 Å². The molecule has 0 heterocycles. The Morgan fingerprint density at radius 3 is 1.70 bits per heavy atom. The Hall–Kier alpha value is -5.64. The number of hydrogen-bond acceptors (Lipinski definition) is 8. The minimum Gasteiger partial charge on any atom is -0.467 e. The highest BCUT2D eigenvalue weighted by molar-refractivity contribution is 5.83. The fourth-order valence-electron chi connectivity index (χ4n) is 5.99. The van der Waals surface area contributed by atoms with Crippen LogP contribution in [-0.2, 0) is 48.0 Å². The van der Waals surface area contributed by atoms with E-state index in [0.29, 0.717) is 11.1 Å². The van der Waals surface area contributed by atoms with Gasteiger partial charge in [0.1, 0.15) is 30.9 Å². The van der Waals surface area contributed by atoms with Gasteiger partial charge < -0.3 is 29.6 Å². The molecule has 2 N–H and O–H groups in total. The molecule has 10 nitrogen and oxygen atoms in total. The van der Waals surface area contributed by atoms with E-state index in [1.165, 1.54) is 7.11 Å². The maximum atomic E-state index is 13.6. The summed E-state index contributed by atoms with van der Waals surface area (Å²) in [5, 5.41) is 5.32. The van der Waals surface area contributed by atoms with Crippen LogP contribution < -0.4 is 10.6 Å². The van der Waals surface area contributed by atoms with Crippen LogP contribution in [0.25, 0.3) is 11.1 Å². The highest BCUT2D eigenvalue weighted by Crippen LogP contribution is 2.44. The summed E-state index contributed by atoms with van der Waals surface area (Å²) in [7, 11) is 1.23. The van der Waals surface area contributed by atoms with Gasteiger partial charge in [-0.15, -0.1) is 0 Å². The molecule has 1 aliphatic rings. The lowest BCUT2D eigenvalue weighted by molar-refractivity contribution is -0.147. The molecule has 0 saturated heterocycles. The van der Waals surface area contributed by atoms with Crippen LogP contribution in [0.5, 0.6) is 0 Å². The molecule has 0 bridgehead atoms. The smallest absolute Gasteiger partial charge is 0.408 e. The Labute approximate surface area is 292 Å². The van der Waals surface area contributed by atoms with Crippen molar-refractivity contribution in [2.45, 2.75) is 63.8 Å². The molecule has 0 saturated carbocycles. The van der Waals surface area contributed by atoms with Crippen molar-refractivity contribution in [1.29, 1.82) is 0 Å². The maximum absolute atomic E-state index is 13.6. The van der Waals surface area contributed by atoms with Gasteiger partial charge in [-0.2, -0.15) is 0 Å². The summed E-state index contributed by atoms with van der Waals surface area (Å²) in [6, 6.07) is 30.2. The van der Waals surface area contributed by atoms with Crippen molar-refractivity contribution in [3.63, 3.8) is 0 Å². The summed E-state index contributed by atoms with van der Waals surface area (Å²) < 4.78 is 21.7. The van der Waals surface area contributed by atoms with Gasteiger partial charge in [-0.3, -0.25) is 0 Å². The van der Waals surface area contributed by atoms with Crippen molar-refractivity contribution in [3.8, 4) is 11.1 Å². The predicted octanol–water partition coefficient (Wildman–Crippen LogP) is 6.49. The van der Waals surface area contributed by atoms with E-state index in [1.807, 2.05) is 66.7 Å². The topological polar surface area (TPSA) is 129 Å². The average Bonchev–Trinajstić information content (AvgIpc) is 3.42. The molecule has 2 amide bonds. The lowest BCUT2D eigenvalue weighted by atomic mass is 9.95. The molecule has 0 spiro atoms. The van der Waals surface area contributed by atoms with E-state index in [0.717, 1.165) is 27.8 Å².